The van der Waals surface area contributed by atoms with E-state index in [2.05, 4.69) is 6.07 Å². The maximum atomic E-state index is 11.6. The second-order valence-electron chi connectivity index (χ2n) is 3.91. The van der Waals surface area contributed by atoms with Gasteiger partial charge in [-0.25, -0.2) is 0 Å². The third-order valence-electron chi connectivity index (χ3n) is 2.61. The molecule has 1 unspecified atom stereocenters. The molecule has 0 saturated heterocycles. The summed E-state index contributed by atoms with van der Waals surface area (Å²) < 4.78 is 21.6. The van der Waals surface area contributed by atoms with Gasteiger partial charge in [-0.2, -0.15) is 0 Å². The summed E-state index contributed by atoms with van der Waals surface area (Å²) in [5.41, 5.74) is 0.989. The highest BCUT2D eigenvalue weighted by Gasteiger charge is 2.13. The first-order valence-corrected chi connectivity index (χ1v) is 7.35. The SMILES string of the molecule is COP(C)(=O)OCc1ccc2ccccc2c1. The van der Waals surface area contributed by atoms with Crippen molar-refractivity contribution < 1.29 is 13.6 Å². The standard InChI is InChI=1S/C13H15O3P/c1-15-17(2,14)16-10-11-7-8-12-5-3-4-6-13(12)9-11/h3-9H,10H2,1-2H3. The molecule has 0 fully saturated rings. The highest BCUT2D eigenvalue weighted by molar-refractivity contribution is 7.52. The zero-order valence-electron chi connectivity index (χ0n) is 9.92. The first-order chi connectivity index (χ1) is 8.11. The van der Waals surface area contributed by atoms with Gasteiger partial charge >= 0.3 is 7.60 Å². The summed E-state index contributed by atoms with van der Waals surface area (Å²) in [5, 5.41) is 2.33. The van der Waals surface area contributed by atoms with Gasteiger partial charge in [-0.05, 0) is 22.4 Å². The molecule has 90 valence electrons. The first-order valence-electron chi connectivity index (χ1n) is 5.36. The van der Waals surface area contributed by atoms with Crippen LogP contribution in [0.2, 0.25) is 0 Å². The number of hydrogen-bond donors (Lipinski definition) is 0. The van der Waals surface area contributed by atoms with Gasteiger partial charge in [0.25, 0.3) is 0 Å². The normalized spacial score (nSPS) is 14.7. The van der Waals surface area contributed by atoms with Gasteiger partial charge in [-0.15, -0.1) is 0 Å². The van der Waals surface area contributed by atoms with Crippen molar-refractivity contribution in [3.05, 3.63) is 48.0 Å². The van der Waals surface area contributed by atoms with Crippen molar-refractivity contribution in [1.82, 2.24) is 0 Å². The van der Waals surface area contributed by atoms with Crippen LogP contribution >= 0.6 is 7.60 Å². The second-order valence-corrected chi connectivity index (χ2v) is 6.07. The van der Waals surface area contributed by atoms with E-state index in [9.17, 15) is 4.57 Å². The van der Waals surface area contributed by atoms with Crippen LogP contribution in [0.3, 0.4) is 0 Å². The molecule has 4 heteroatoms. The Kier molecular flexibility index (Phi) is 3.63. The van der Waals surface area contributed by atoms with Gasteiger partial charge in [0.1, 0.15) is 0 Å². The molecule has 0 amide bonds. The van der Waals surface area contributed by atoms with Crippen LogP contribution in [0.15, 0.2) is 42.5 Å². The Morgan fingerprint density at radius 2 is 1.82 bits per heavy atom. The molecule has 2 rings (SSSR count). The number of fused-ring (bicyclic) bond motifs is 1. The average Bonchev–Trinajstić information content (AvgIpc) is 2.36. The van der Waals surface area contributed by atoms with Crippen LogP contribution in [-0.4, -0.2) is 13.8 Å². The molecule has 0 aliphatic carbocycles. The van der Waals surface area contributed by atoms with E-state index in [0.29, 0.717) is 6.61 Å². The summed E-state index contributed by atoms with van der Waals surface area (Å²) in [6, 6.07) is 14.1. The van der Waals surface area contributed by atoms with E-state index in [0.717, 1.165) is 10.9 Å². The molecule has 17 heavy (non-hydrogen) atoms. The third kappa shape index (κ3) is 3.16. The monoisotopic (exact) mass is 250 g/mol. The minimum absolute atomic E-state index is 0.298. The Morgan fingerprint density at radius 1 is 1.12 bits per heavy atom. The lowest BCUT2D eigenvalue weighted by Gasteiger charge is -2.11. The molecule has 0 spiro atoms. The Balaban J connectivity index is 2.17. The molecule has 1 atom stereocenters. The van der Waals surface area contributed by atoms with Crippen molar-refractivity contribution >= 4 is 18.4 Å². The molecule has 3 nitrogen and oxygen atoms in total. The molecular formula is C13H15O3P. The molecule has 0 aliphatic rings. The first kappa shape index (κ1) is 12.3. The van der Waals surface area contributed by atoms with E-state index in [-0.39, 0.29) is 0 Å². The van der Waals surface area contributed by atoms with E-state index < -0.39 is 7.60 Å². The summed E-state index contributed by atoms with van der Waals surface area (Å²) in [6.07, 6.45) is 0. The Morgan fingerprint density at radius 3 is 2.53 bits per heavy atom. The summed E-state index contributed by atoms with van der Waals surface area (Å²) in [7, 11) is -1.51. The van der Waals surface area contributed by atoms with E-state index in [1.54, 1.807) is 0 Å². The predicted molar refractivity (Wildman–Crippen MR) is 69.3 cm³/mol. The maximum Gasteiger partial charge on any atom is 0.327 e. The minimum Gasteiger partial charge on any atom is -0.312 e. The zero-order chi connectivity index (χ0) is 12.3. The zero-order valence-corrected chi connectivity index (χ0v) is 10.8. The van der Waals surface area contributed by atoms with Crippen molar-refractivity contribution in [3.63, 3.8) is 0 Å². The van der Waals surface area contributed by atoms with E-state index in [1.165, 1.54) is 19.2 Å². The van der Waals surface area contributed by atoms with Gasteiger partial charge in [0, 0.05) is 13.8 Å². The minimum atomic E-state index is -2.90. The van der Waals surface area contributed by atoms with E-state index >= 15 is 0 Å². The van der Waals surface area contributed by atoms with Crippen molar-refractivity contribution in [1.29, 1.82) is 0 Å². The lowest BCUT2D eigenvalue weighted by Crippen LogP contribution is -1.92. The summed E-state index contributed by atoms with van der Waals surface area (Å²) in [6.45, 7) is 1.76. The van der Waals surface area contributed by atoms with Crippen LogP contribution in [-0.2, 0) is 20.2 Å². The van der Waals surface area contributed by atoms with Crippen molar-refractivity contribution in [2.45, 2.75) is 6.61 Å². The lowest BCUT2D eigenvalue weighted by atomic mass is 10.1. The smallest absolute Gasteiger partial charge is 0.312 e. The number of benzene rings is 2. The van der Waals surface area contributed by atoms with Gasteiger partial charge in [0.15, 0.2) is 0 Å². The maximum absolute atomic E-state index is 11.6. The van der Waals surface area contributed by atoms with Crippen LogP contribution in [0.4, 0.5) is 0 Å². The van der Waals surface area contributed by atoms with Crippen molar-refractivity contribution in [3.8, 4) is 0 Å². The summed E-state index contributed by atoms with van der Waals surface area (Å²) >= 11 is 0. The quantitative estimate of drug-likeness (QED) is 0.774. The molecule has 0 aliphatic heterocycles. The summed E-state index contributed by atoms with van der Waals surface area (Å²) in [5.74, 6) is 0. The molecule has 0 bridgehead atoms. The fourth-order valence-electron chi connectivity index (χ4n) is 1.57. The molecule has 0 radical (unpaired) electrons. The van der Waals surface area contributed by atoms with Crippen LogP contribution < -0.4 is 0 Å². The van der Waals surface area contributed by atoms with E-state index in [4.69, 9.17) is 9.05 Å². The van der Waals surface area contributed by atoms with Crippen LogP contribution in [0.5, 0.6) is 0 Å². The lowest BCUT2D eigenvalue weighted by molar-refractivity contribution is 0.230. The molecule has 0 N–H and O–H groups in total. The largest absolute Gasteiger partial charge is 0.327 e. The van der Waals surface area contributed by atoms with Crippen molar-refractivity contribution in [2.75, 3.05) is 13.8 Å². The van der Waals surface area contributed by atoms with E-state index in [1.807, 2.05) is 36.4 Å². The number of hydrogen-bond acceptors (Lipinski definition) is 3. The molecule has 0 saturated carbocycles. The average molecular weight is 250 g/mol. The van der Waals surface area contributed by atoms with Gasteiger partial charge in [0.05, 0.1) is 6.61 Å². The predicted octanol–water partition coefficient (Wildman–Crippen LogP) is 3.83. The molecule has 2 aromatic rings. The van der Waals surface area contributed by atoms with Crippen LogP contribution in [0.25, 0.3) is 10.8 Å². The highest BCUT2D eigenvalue weighted by Crippen LogP contribution is 2.43. The fraction of sp³-hybridized carbons (Fsp3) is 0.231. The highest BCUT2D eigenvalue weighted by atomic mass is 31.2. The molecule has 2 aromatic carbocycles. The van der Waals surface area contributed by atoms with Crippen LogP contribution in [0, 0.1) is 0 Å². The summed E-state index contributed by atoms with van der Waals surface area (Å²) in [4.78, 5) is 0. The number of rotatable bonds is 4. The molecule has 0 heterocycles. The second kappa shape index (κ2) is 5.01. The topological polar surface area (TPSA) is 35.5 Å². The Bertz CT molecular complexity index is 565. The third-order valence-corrected chi connectivity index (χ3v) is 3.87. The van der Waals surface area contributed by atoms with Crippen molar-refractivity contribution in [2.24, 2.45) is 0 Å². The van der Waals surface area contributed by atoms with Crippen LogP contribution in [0.1, 0.15) is 5.56 Å². The Hall–Kier alpha value is -1.15. The Labute approximate surface area is 101 Å². The van der Waals surface area contributed by atoms with Gasteiger partial charge in [0.2, 0.25) is 0 Å². The van der Waals surface area contributed by atoms with Gasteiger partial charge < -0.3 is 9.05 Å². The van der Waals surface area contributed by atoms with Gasteiger partial charge in [-0.3, -0.25) is 4.57 Å². The molecular weight excluding hydrogens is 235 g/mol. The molecule has 0 aromatic heterocycles. The fourth-order valence-corrected chi connectivity index (χ4v) is 2.06. The van der Waals surface area contributed by atoms with Gasteiger partial charge in [-0.1, -0.05) is 36.4 Å².